The molecule has 166 valence electrons. The SMILES string of the molecule is CCOC(=O)c1ccc(N=c2oc3cc(O)ccc3cc2C(=O)NC[C@H]2CCCO2)cc1. The first-order valence-electron chi connectivity index (χ1n) is 10.5. The molecule has 3 aromatic rings. The van der Waals surface area contributed by atoms with Crippen molar-refractivity contribution in [3.63, 3.8) is 0 Å². The van der Waals surface area contributed by atoms with E-state index < -0.39 is 5.97 Å². The molecule has 1 fully saturated rings. The Morgan fingerprint density at radius 3 is 2.72 bits per heavy atom. The van der Waals surface area contributed by atoms with Gasteiger partial charge in [0, 0.05) is 24.6 Å². The highest BCUT2D eigenvalue weighted by molar-refractivity contribution is 5.96. The maximum atomic E-state index is 12.9. The van der Waals surface area contributed by atoms with Crippen LogP contribution < -0.4 is 10.9 Å². The zero-order valence-electron chi connectivity index (χ0n) is 17.7. The Balaban J connectivity index is 1.69. The molecule has 1 amide bonds. The normalized spacial score (nSPS) is 16.3. The molecule has 0 spiro atoms. The zero-order chi connectivity index (χ0) is 22.5. The predicted molar refractivity (Wildman–Crippen MR) is 117 cm³/mol. The first-order chi connectivity index (χ1) is 15.5. The lowest BCUT2D eigenvalue weighted by Gasteiger charge is -2.11. The van der Waals surface area contributed by atoms with Gasteiger partial charge in [0.1, 0.15) is 16.9 Å². The predicted octanol–water partition coefficient (Wildman–Crippen LogP) is 3.46. The number of phenols is 1. The Morgan fingerprint density at radius 2 is 2.00 bits per heavy atom. The molecule has 0 radical (unpaired) electrons. The maximum Gasteiger partial charge on any atom is 0.338 e. The minimum absolute atomic E-state index is 0.00380. The molecular formula is C24H24N2O6. The summed E-state index contributed by atoms with van der Waals surface area (Å²) in [5.41, 5.74) is 1.64. The first kappa shape index (κ1) is 21.6. The van der Waals surface area contributed by atoms with E-state index in [1.165, 1.54) is 12.1 Å². The van der Waals surface area contributed by atoms with Crippen molar-refractivity contribution in [1.29, 1.82) is 0 Å². The van der Waals surface area contributed by atoms with Crippen LogP contribution in [0.4, 0.5) is 5.69 Å². The highest BCUT2D eigenvalue weighted by Crippen LogP contribution is 2.20. The van der Waals surface area contributed by atoms with Crippen molar-refractivity contribution < 1.29 is 28.6 Å². The molecule has 1 atom stereocenters. The molecule has 32 heavy (non-hydrogen) atoms. The van der Waals surface area contributed by atoms with Crippen LogP contribution in [0.1, 0.15) is 40.5 Å². The Labute approximate surface area is 184 Å². The van der Waals surface area contributed by atoms with Crippen LogP contribution in [-0.2, 0) is 9.47 Å². The number of benzene rings is 2. The highest BCUT2D eigenvalue weighted by atomic mass is 16.5. The number of nitrogens with one attached hydrogen (secondary N) is 1. The monoisotopic (exact) mass is 436 g/mol. The molecule has 1 aliphatic heterocycles. The molecule has 0 aliphatic carbocycles. The molecule has 1 saturated heterocycles. The van der Waals surface area contributed by atoms with Gasteiger partial charge in [0.05, 0.1) is 24.0 Å². The minimum atomic E-state index is -0.417. The Hall–Kier alpha value is -3.65. The third-order valence-corrected chi connectivity index (χ3v) is 5.10. The van der Waals surface area contributed by atoms with Gasteiger partial charge < -0.3 is 24.3 Å². The summed E-state index contributed by atoms with van der Waals surface area (Å²) in [6.45, 7) is 3.14. The lowest BCUT2D eigenvalue weighted by atomic mass is 10.1. The fourth-order valence-corrected chi connectivity index (χ4v) is 3.46. The molecule has 0 unspecified atom stereocenters. The fraction of sp³-hybridized carbons (Fsp3) is 0.292. The highest BCUT2D eigenvalue weighted by Gasteiger charge is 2.19. The Morgan fingerprint density at radius 1 is 1.19 bits per heavy atom. The van der Waals surface area contributed by atoms with Crippen molar-refractivity contribution >= 4 is 28.5 Å². The molecule has 1 aliphatic rings. The number of hydrogen-bond acceptors (Lipinski definition) is 7. The van der Waals surface area contributed by atoms with E-state index in [1.807, 2.05) is 0 Å². The number of ether oxygens (including phenoxy) is 2. The van der Waals surface area contributed by atoms with Crippen molar-refractivity contribution in [2.45, 2.75) is 25.9 Å². The molecule has 8 nitrogen and oxygen atoms in total. The molecule has 0 saturated carbocycles. The van der Waals surface area contributed by atoms with Gasteiger partial charge in [-0.1, -0.05) is 0 Å². The van der Waals surface area contributed by atoms with E-state index in [1.54, 1.807) is 43.3 Å². The number of rotatable bonds is 6. The van der Waals surface area contributed by atoms with Gasteiger partial charge in [0.15, 0.2) is 0 Å². The van der Waals surface area contributed by atoms with Crippen molar-refractivity contribution in [3.8, 4) is 5.75 Å². The number of nitrogens with zero attached hydrogens (tertiary/aromatic N) is 1. The van der Waals surface area contributed by atoms with Crippen molar-refractivity contribution in [2.24, 2.45) is 4.99 Å². The summed E-state index contributed by atoms with van der Waals surface area (Å²) in [5.74, 6) is -0.707. The topological polar surface area (TPSA) is 110 Å². The molecular weight excluding hydrogens is 412 g/mol. The maximum absolute atomic E-state index is 12.9. The van der Waals surface area contributed by atoms with E-state index in [0.29, 0.717) is 35.4 Å². The molecule has 0 bridgehead atoms. The number of aromatic hydroxyl groups is 1. The summed E-state index contributed by atoms with van der Waals surface area (Å²) in [7, 11) is 0. The summed E-state index contributed by atoms with van der Waals surface area (Å²) in [6, 6.07) is 12.8. The number of carbonyl (C=O) groups excluding carboxylic acids is 2. The number of esters is 1. The quantitative estimate of drug-likeness (QED) is 0.573. The standard InChI is InChI=1S/C24H24N2O6/c1-2-30-24(29)15-5-8-17(9-6-15)26-23-20(22(28)25-14-19-4-3-11-31-19)12-16-7-10-18(27)13-21(16)32-23/h5-10,12-13,19,27H,2-4,11,14H2,1H3,(H,25,28)/t19-/m1/s1. The third-order valence-electron chi connectivity index (χ3n) is 5.10. The summed E-state index contributed by atoms with van der Waals surface area (Å²) >= 11 is 0. The number of fused-ring (bicyclic) bond motifs is 1. The van der Waals surface area contributed by atoms with Crippen LogP contribution in [0.3, 0.4) is 0 Å². The van der Waals surface area contributed by atoms with Crippen LogP contribution in [0, 0.1) is 0 Å². The zero-order valence-corrected chi connectivity index (χ0v) is 17.7. The molecule has 1 aromatic heterocycles. The molecule has 8 heteroatoms. The number of amides is 1. The van der Waals surface area contributed by atoms with Gasteiger partial charge >= 0.3 is 5.97 Å². The molecule has 2 aromatic carbocycles. The van der Waals surface area contributed by atoms with E-state index >= 15 is 0 Å². The summed E-state index contributed by atoms with van der Waals surface area (Å²) in [4.78, 5) is 29.3. The lowest BCUT2D eigenvalue weighted by molar-refractivity contribution is 0.0526. The van der Waals surface area contributed by atoms with Crippen molar-refractivity contribution in [3.05, 3.63) is 65.2 Å². The van der Waals surface area contributed by atoms with Crippen LogP contribution in [-0.4, -0.2) is 42.8 Å². The van der Waals surface area contributed by atoms with Gasteiger partial charge in [-0.25, -0.2) is 9.79 Å². The number of carbonyl (C=O) groups is 2. The Bertz CT molecular complexity index is 1190. The lowest BCUT2D eigenvalue weighted by Crippen LogP contribution is -2.34. The number of phenolic OH excluding ortho intramolecular Hbond substituents is 1. The van der Waals surface area contributed by atoms with E-state index in [-0.39, 0.29) is 35.5 Å². The Kier molecular flexibility index (Phi) is 6.51. The van der Waals surface area contributed by atoms with Gasteiger partial charge in [-0.2, -0.15) is 0 Å². The van der Waals surface area contributed by atoms with E-state index in [2.05, 4.69) is 10.3 Å². The first-order valence-corrected chi connectivity index (χ1v) is 10.5. The van der Waals surface area contributed by atoms with Crippen molar-refractivity contribution in [1.82, 2.24) is 5.32 Å². The second-order valence-electron chi connectivity index (χ2n) is 7.41. The average Bonchev–Trinajstić information content (AvgIpc) is 3.31. The molecule has 2 heterocycles. The molecule has 2 N–H and O–H groups in total. The third kappa shape index (κ3) is 4.97. The van der Waals surface area contributed by atoms with Gasteiger partial charge in [-0.3, -0.25) is 4.79 Å². The van der Waals surface area contributed by atoms with Gasteiger partial charge in [-0.05, 0) is 62.2 Å². The van der Waals surface area contributed by atoms with E-state index in [0.717, 1.165) is 12.8 Å². The number of hydrogen-bond donors (Lipinski definition) is 2. The van der Waals surface area contributed by atoms with Crippen molar-refractivity contribution in [2.75, 3.05) is 19.8 Å². The van der Waals surface area contributed by atoms with Crippen LogP contribution >= 0.6 is 0 Å². The van der Waals surface area contributed by atoms with E-state index in [9.17, 15) is 14.7 Å². The van der Waals surface area contributed by atoms with Crippen LogP contribution in [0.2, 0.25) is 0 Å². The largest absolute Gasteiger partial charge is 0.508 e. The molecule has 4 rings (SSSR count). The smallest absolute Gasteiger partial charge is 0.338 e. The van der Waals surface area contributed by atoms with Crippen LogP contribution in [0.25, 0.3) is 11.0 Å². The van der Waals surface area contributed by atoms with Crippen LogP contribution in [0.15, 0.2) is 57.9 Å². The van der Waals surface area contributed by atoms with Crippen LogP contribution in [0.5, 0.6) is 5.75 Å². The van der Waals surface area contributed by atoms with Gasteiger partial charge in [-0.15, -0.1) is 0 Å². The van der Waals surface area contributed by atoms with Gasteiger partial charge in [0.25, 0.3) is 5.91 Å². The second kappa shape index (κ2) is 9.65. The van der Waals surface area contributed by atoms with E-state index in [4.69, 9.17) is 13.9 Å². The summed E-state index contributed by atoms with van der Waals surface area (Å²) in [6.07, 6.45) is 1.90. The van der Waals surface area contributed by atoms with Gasteiger partial charge in [0.2, 0.25) is 5.55 Å². The second-order valence-corrected chi connectivity index (χ2v) is 7.41. The summed E-state index contributed by atoms with van der Waals surface area (Å²) < 4.78 is 16.4. The fourth-order valence-electron chi connectivity index (χ4n) is 3.46. The minimum Gasteiger partial charge on any atom is -0.508 e. The average molecular weight is 436 g/mol. The summed E-state index contributed by atoms with van der Waals surface area (Å²) in [5, 5.41) is 13.3.